The lowest BCUT2D eigenvalue weighted by molar-refractivity contribution is -0.151. The molecule has 3 rings (SSSR count). The molecule has 30 heavy (non-hydrogen) atoms. The molecule has 1 heterocycles. The van der Waals surface area contributed by atoms with Crippen molar-refractivity contribution in [3.8, 4) is 22.8 Å². The van der Waals surface area contributed by atoms with Gasteiger partial charge in [-0.15, -0.1) is 10.2 Å². The van der Waals surface area contributed by atoms with E-state index in [1.54, 1.807) is 0 Å². The highest BCUT2D eigenvalue weighted by Crippen LogP contribution is 2.30. The van der Waals surface area contributed by atoms with Crippen molar-refractivity contribution in [3.05, 3.63) is 53.0 Å². The maximum absolute atomic E-state index is 12.2. The van der Waals surface area contributed by atoms with Gasteiger partial charge in [0.2, 0.25) is 0 Å². The van der Waals surface area contributed by atoms with Gasteiger partial charge in [0.15, 0.2) is 11.0 Å². The van der Waals surface area contributed by atoms with Gasteiger partial charge in [-0.05, 0) is 64.1 Å². The van der Waals surface area contributed by atoms with Crippen molar-refractivity contribution < 1.29 is 14.3 Å². The zero-order valence-corrected chi connectivity index (χ0v) is 19.8. The van der Waals surface area contributed by atoms with Crippen LogP contribution in [0.1, 0.15) is 27.7 Å². The monoisotopic (exact) mass is 489 g/mol. The number of carbonyl (C=O) groups is 1. The molecule has 0 spiro atoms. The molecule has 1 aromatic heterocycles. The molecule has 0 amide bonds. The van der Waals surface area contributed by atoms with E-state index in [0.717, 1.165) is 21.5 Å². The summed E-state index contributed by atoms with van der Waals surface area (Å²) in [4.78, 5) is 12.2. The van der Waals surface area contributed by atoms with E-state index in [-0.39, 0.29) is 11.7 Å². The predicted molar refractivity (Wildman–Crippen MR) is 122 cm³/mol. The lowest BCUT2D eigenvalue weighted by Crippen LogP contribution is -2.25. The Morgan fingerprint density at radius 1 is 1.07 bits per heavy atom. The van der Waals surface area contributed by atoms with E-state index < -0.39 is 5.60 Å². The number of carbonyl (C=O) groups excluding carboxylic acids is 1. The number of benzene rings is 2. The van der Waals surface area contributed by atoms with Crippen molar-refractivity contribution in [2.75, 3.05) is 12.4 Å². The van der Waals surface area contributed by atoms with Gasteiger partial charge in [0, 0.05) is 15.7 Å². The van der Waals surface area contributed by atoms with E-state index in [9.17, 15) is 4.79 Å². The van der Waals surface area contributed by atoms with Crippen molar-refractivity contribution in [2.24, 2.45) is 0 Å². The standard InChI is InChI=1S/C22H24BrN3O3S/c1-5-28-18-12-10-17(11-13-18)26-20(15-6-8-16(23)9-7-15)24-25-21(26)30-14-19(27)29-22(2,3)4/h6-13H,5,14H2,1-4H3. The molecule has 0 fully saturated rings. The maximum Gasteiger partial charge on any atom is 0.316 e. The Balaban J connectivity index is 1.94. The number of hydrogen-bond donors (Lipinski definition) is 0. The normalized spacial score (nSPS) is 11.4. The van der Waals surface area contributed by atoms with Gasteiger partial charge < -0.3 is 9.47 Å². The highest BCUT2D eigenvalue weighted by Gasteiger charge is 2.20. The molecule has 0 aliphatic carbocycles. The van der Waals surface area contributed by atoms with Gasteiger partial charge in [0.05, 0.1) is 12.4 Å². The van der Waals surface area contributed by atoms with Gasteiger partial charge in [0.25, 0.3) is 0 Å². The molecule has 0 unspecified atom stereocenters. The van der Waals surface area contributed by atoms with E-state index in [2.05, 4.69) is 26.1 Å². The first-order valence-corrected chi connectivity index (χ1v) is 11.3. The van der Waals surface area contributed by atoms with Crippen molar-refractivity contribution in [1.29, 1.82) is 0 Å². The van der Waals surface area contributed by atoms with Crippen LogP contribution in [0.25, 0.3) is 17.1 Å². The minimum absolute atomic E-state index is 0.146. The number of esters is 1. The Morgan fingerprint density at radius 3 is 2.33 bits per heavy atom. The van der Waals surface area contributed by atoms with Crippen LogP contribution in [0.3, 0.4) is 0 Å². The molecule has 2 aromatic carbocycles. The zero-order chi connectivity index (χ0) is 21.7. The van der Waals surface area contributed by atoms with E-state index in [0.29, 0.717) is 17.6 Å². The van der Waals surface area contributed by atoms with Crippen molar-refractivity contribution >= 4 is 33.7 Å². The number of aromatic nitrogens is 3. The fourth-order valence-electron chi connectivity index (χ4n) is 2.73. The highest BCUT2D eigenvalue weighted by molar-refractivity contribution is 9.10. The van der Waals surface area contributed by atoms with Crippen molar-refractivity contribution in [2.45, 2.75) is 38.5 Å². The smallest absolute Gasteiger partial charge is 0.316 e. The van der Waals surface area contributed by atoms with Crippen LogP contribution in [0, 0.1) is 0 Å². The summed E-state index contributed by atoms with van der Waals surface area (Å²) in [5.74, 6) is 1.34. The molecule has 0 bridgehead atoms. The molecule has 0 saturated heterocycles. The minimum atomic E-state index is -0.525. The molecule has 6 nitrogen and oxygen atoms in total. The lowest BCUT2D eigenvalue weighted by atomic mass is 10.2. The van der Waals surface area contributed by atoms with Crippen LogP contribution in [-0.2, 0) is 9.53 Å². The summed E-state index contributed by atoms with van der Waals surface area (Å²) in [6.07, 6.45) is 0. The third kappa shape index (κ3) is 5.86. The van der Waals surface area contributed by atoms with Crippen LogP contribution in [0.15, 0.2) is 58.2 Å². The molecule has 158 valence electrons. The molecule has 0 aliphatic rings. The molecular formula is C22H24BrN3O3S. The predicted octanol–water partition coefficient (Wildman–Crippen LogP) is 5.53. The first-order valence-electron chi connectivity index (χ1n) is 9.56. The number of thioether (sulfide) groups is 1. The van der Waals surface area contributed by atoms with E-state index in [1.807, 2.05) is 80.8 Å². The van der Waals surface area contributed by atoms with Crippen molar-refractivity contribution in [1.82, 2.24) is 14.8 Å². The van der Waals surface area contributed by atoms with Gasteiger partial charge in [-0.25, -0.2) is 0 Å². The topological polar surface area (TPSA) is 66.2 Å². The minimum Gasteiger partial charge on any atom is -0.494 e. The SMILES string of the molecule is CCOc1ccc(-n2c(SCC(=O)OC(C)(C)C)nnc2-c2ccc(Br)cc2)cc1. The summed E-state index contributed by atoms with van der Waals surface area (Å²) >= 11 is 4.76. The largest absolute Gasteiger partial charge is 0.494 e. The maximum atomic E-state index is 12.2. The van der Waals surface area contributed by atoms with Crippen LogP contribution in [0.4, 0.5) is 0 Å². The van der Waals surface area contributed by atoms with E-state index in [4.69, 9.17) is 9.47 Å². The first kappa shape index (κ1) is 22.4. The second-order valence-corrected chi connectivity index (χ2v) is 9.31. The fourth-order valence-corrected chi connectivity index (χ4v) is 3.72. The van der Waals surface area contributed by atoms with Crippen LogP contribution < -0.4 is 4.74 Å². The average molecular weight is 490 g/mol. The molecule has 0 N–H and O–H groups in total. The number of rotatable bonds is 7. The third-order valence-corrected chi connectivity index (χ3v) is 5.31. The van der Waals surface area contributed by atoms with Gasteiger partial charge in [0.1, 0.15) is 11.4 Å². The quantitative estimate of drug-likeness (QED) is 0.321. The average Bonchev–Trinajstić information content (AvgIpc) is 3.10. The van der Waals surface area contributed by atoms with Crippen molar-refractivity contribution in [3.63, 3.8) is 0 Å². The highest BCUT2D eigenvalue weighted by atomic mass is 79.9. The Bertz CT molecular complexity index is 996. The Morgan fingerprint density at radius 2 is 1.73 bits per heavy atom. The van der Waals surface area contributed by atoms with E-state index in [1.165, 1.54) is 11.8 Å². The molecule has 3 aromatic rings. The number of nitrogens with zero attached hydrogens (tertiary/aromatic N) is 3. The summed E-state index contributed by atoms with van der Waals surface area (Å²) in [6, 6.07) is 15.6. The Kier molecular flexibility index (Phi) is 7.20. The molecule has 8 heteroatoms. The Hall–Kier alpha value is -2.32. The van der Waals surface area contributed by atoms with Crippen LogP contribution in [0.5, 0.6) is 5.75 Å². The van der Waals surface area contributed by atoms with Gasteiger partial charge >= 0.3 is 5.97 Å². The van der Waals surface area contributed by atoms with Crippen LogP contribution in [-0.4, -0.2) is 38.7 Å². The second kappa shape index (κ2) is 9.66. The van der Waals surface area contributed by atoms with Gasteiger partial charge in [-0.1, -0.05) is 39.8 Å². The lowest BCUT2D eigenvalue weighted by Gasteiger charge is -2.19. The molecule has 0 atom stereocenters. The Labute approximate surface area is 189 Å². The fraction of sp³-hybridized carbons (Fsp3) is 0.318. The number of halogens is 1. The second-order valence-electron chi connectivity index (χ2n) is 7.45. The summed E-state index contributed by atoms with van der Waals surface area (Å²) in [7, 11) is 0. The zero-order valence-electron chi connectivity index (χ0n) is 17.4. The summed E-state index contributed by atoms with van der Waals surface area (Å²) in [6.45, 7) is 8.11. The number of ether oxygens (including phenoxy) is 2. The number of hydrogen-bond acceptors (Lipinski definition) is 6. The summed E-state index contributed by atoms with van der Waals surface area (Å²) in [5, 5.41) is 9.35. The molecule has 0 aliphatic heterocycles. The van der Waals surface area contributed by atoms with Gasteiger partial charge in [-0.2, -0.15) is 0 Å². The molecular weight excluding hydrogens is 466 g/mol. The first-order chi connectivity index (χ1) is 14.3. The molecule has 0 saturated carbocycles. The van der Waals surface area contributed by atoms with Crippen LogP contribution in [0.2, 0.25) is 0 Å². The summed E-state index contributed by atoms with van der Waals surface area (Å²) in [5.41, 5.74) is 1.28. The van der Waals surface area contributed by atoms with Crippen LogP contribution >= 0.6 is 27.7 Å². The molecule has 0 radical (unpaired) electrons. The van der Waals surface area contributed by atoms with E-state index >= 15 is 0 Å². The third-order valence-electron chi connectivity index (χ3n) is 3.88. The van der Waals surface area contributed by atoms with Gasteiger partial charge in [-0.3, -0.25) is 9.36 Å². The summed E-state index contributed by atoms with van der Waals surface area (Å²) < 4.78 is 13.9.